The number of Topliss-reactive ketones (excluding diaryl/α,β-unsaturated/α-hetero) is 1. The lowest BCUT2D eigenvalue weighted by atomic mass is 9.80. The van der Waals surface area contributed by atoms with Crippen molar-refractivity contribution in [3.05, 3.63) is 35.2 Å². The van der Waals surface area contributed by atoms with Crippen molar-refractivity contribution >= 4 is 34.1 Å². The topological polar surface area (TPSA) is 95.1 Å². The molecule has 0 spiro atoms. The van der Waals surface area contributed by atoms with Gasteiger partial charge in [-0.3, -0.25) is 14.4 Å². The number of fused-ring (bicyclic) bond motifs is 1. The molecule has 2 aromatic rings. The van der Waals surface area contributed by atoms with Gasteiger partial charge in [-0.15, -0.1) is 11.3 Å². The number of thiazole rings is 1. The van der Waals surface area contributed by atoms with Crippen molar-refractivity contribution in [2.24, 2.45) is 11.3 Å². The predicted molar refractivity (Wildman–Crippen MR) is 157 cm³/mol. The summed E-state index contributed by atoms with van der Waals surface area (Å²) < 4.78 is 5.76. The highest BCUT2D eigenvalue weighted by Gasteiger charge is 2.53. The van der Waals surface area contributed by atoms with Crippen LogP contribution in [-0.4, -0.2) is 96.9 Å². The first kappa shape index (κ1) is 28.7. The third-order valence-corrected chi connectivity index (χ3v) is 9.92. The second-order valence-corrected chi connectivity index (χ2v) is 12.8. The highest BCUT2D eigenvalue weighted by atomic mass is 32.1. The van der Waals surface area contributed by atoms with Crippen LogP contribution in [0.5, 0.6) is 0 Å². The normalized spacial score (nSPS) is 24.3. The van der Waals surface area contributed by atoms with Crippen molar-refractivity contribution in [2.45, 2.75) is 58.7 Å². The van der Waals surface area contributed by atoms with Crippen LogP contribution < -0.4 is 10.2 Å². The lowest BCUT2D eigenvalue weighted by Crippen LogP contribution is -2.57. The van der Waals surface area contributed by atoms with Gasteiger partial charge >= 0.3 is 0 Å². The number of likely N-dealkylation sites (N-methyl/N-ethyl adjacent to an activating group) is 1. The molecule has 2 amide bonds. The first-order valence-corrected chi connectivity index (χ1v) is 15.3. The Balaban J connectivity index is 1.30. The number of hydrogen-bond donors (Lipinski definition) is 1. The number of aromatic nitrogens is 1. The molecule has 9 nitrogen and oxygen atoms in total. The molecule has 4 heterocycles. The molecule has 3 fully saturated rings. The minimum atomic E-state index is -0.765. The molecule has 1 N–H and O–H groups in total. The summed E-state index contributed by atoms with van der Waals surface area (Å²) in [7, 11) is 2.14. The first-order chi connectivity index (χ1) is 19.1. The summed E-state index contributed by atoms with van der Waals surface area (Å²) in [4.78, 5) is 51.2. The van der Waals surface area contributed by atoms with E-state index in [1.54, 1.807) is 28.4 Å². The van der Waals surface area contributed by atoms with Crippen molar-refractivity contribution in [1.29, 1.82) is 0 Å². The van der Waals surface area contributed by atoms with E-state index < -0.39 is 17.5 Å². The molecule has 1 aromatic heterocycles. The second-order valence-electron chi connectivity index (χ2n) is 12.0. The minimum Gasteiger partial charge on any atom is -0.367 e. The highest BCUT2D eigenvalue weighted by Crippen LogP contribution is 2.36. The molecular formula is C30H41N5O4S. The summed E-state index contributed by atoms with van der Waals surface area (Å²) in [6.45, 7) is 12.5. The molecule has 0 radical (unpaired) electrons. The van der Waals surface area contributed by atoms with E-state index in [1.165, 1.54) is 0 Å². The zero-order valence-corrected chi connectivity index (χ0v) is 25.0. The van der Waals surface area contributed by atoms with E-state index >= 15 is 0 Å². The van der Waals surface area contributed by atoms with Crippen molar-refractivity contribution in [2.75, 3.05) is 51.3 Å². The van der Waals surface area contributed by atoms with E-state index in [0.717, 1.165) is 49.0 Å². The third-order valence-electron chi connectivity index (χ3n) is 9.02. The molecule has 0 bridgehead atoms. The molecule has 0 aliphatic carbocycles. The molecule has 216 valence electrons. The Morgan fingerprint density at radius 2 is 1.85 bits per heavy atom. The quantitative estimate of drug-likeness (QED) is 0.523. The maximum Gasteiger partial charge on any atom is 0.251 e. The van der Waals surface area contributed by atoms with Gasteiger partial charge in [-0.05, 0) is 37.4 Å². The summed E-state index contributed by atoms with van der Waals surface area (Å²) >= 11 is 1.64. The van der Waals surface area contributed by atoms with Crippen LogP contribution in [0, 0.1) is 11.3 Å². The number of carbonyl (C=O) groups is 3. The largest absolute Gasteiger partial charge is 0.367 e. The smallest absolute Gasteiger partial charge is 0.251 e. The number of ketones is 1. The number of carbonyl (C=O) groups excluding carboxylic acids is 3. The van der Waals surface area contributed by atoms with E-state index in [4.69, 9.17) is 9.72 Å². The fourth-order valence-electron chi connectivity index (χ4n) is 5.85. The fourth-order valence-corrected chi connectivity index (χ4v) is 6.74. The molecular weight excluding hydrogens is 526 g/mol. The van der Waals surface area contributed by atoms with Gasteiger partial charge < -0.3 is 24.8 Å². The standard InChI is InChI=1S/C30H41N5O4S/c1-6-19-16-35(24-23(36)17-39-25(19)24)28(38)26(30(3,4)7-2)32-27(37)21-10-8-20(9-11-21)22-18-40-29(31-22)34-14-12-33(5)13-15-34/h8-11,18-19,24-26H,6-7,12-17H2,1-5H3,(H,32,37). The fraction of sp³-hybridized carbons (Fsp3) is 0.600. The molecule has 4 unspecified atom stereocenters. The van der Waals surface area contributed by atoms with Gasteiger partial charge in [-0.2, -0.15) is 0 Å². The number of amides is 2. The molecule has 0 saturated carbocycles. The Morgan fingerprint density at radius 1 is 1.15 bits per heavy atom. The Hall–Kier alpha value is -2.82. The number of piperazine rings is 1. The van der Waals surface area contributed by atoms with Crippen molar-refractivity contribution < 1.29 is 19.1 Å². The van der Waals surface area contributed by atoms with E-state index in [-0.39, 0.29) is 36.2 Å². The van der Waals surface area contributed by atoms with Gasteiger partial charge in [0.15, 0.2) is 10.9 Å². The number of benzene rings is 1. The number of anilines is 1. The van der Waals surface area contributed by atoms with E-state index in [9.17, 15) is 14.4 Å². The summed E-state index contributed by atoms with van der Waals surface area (Å²) in [5, 5.41) is 6.11. The number of likely N-dealkylation sites (tertiary alicyclic amines) is 1. The average Bonchev–Trinajstić information content (AvgIpc) is 3.69. The van der Waals surface area contributed by atoms with Gasteiger partial charge in [-0.25, -0.2) is 4.98 Å². The average molecular weight is 568 g/mol. The van der Waals surface area contributed by atoms with Crippen LogP contribution in [0.15, 0.2) is 29.6 Å². The highest BCUT2D eigenvalue weighted by molar-refractivity contribution is 7.14. The third kappa shape index (κ3) is 5.53. The first-order valence-electron chi connectivity index (χ1n) is 14.4. The van der Waals surface area contributed by atoms with Gasteiger partial charge in [0.1, 0.15) is 18.7 Å². The molecule has 3 saturated heterocycles. The Kier molecular flexibility index (Phi) is 8.31. The summed E-state index contributed by atoms with van der Waals surface area (Å²) in [6, 6.07) is 6.06. The number of nitrogens with zero attached hydrogens (tertiary/aromatic N) is 4. The van der Waals surface area contributed by atoms with Crippen molar-refractivity contribution in [1.82, 2.24) is 20.1 Å². The number of hydrogen-bond acceptors (Lipinski definition) is 8. The van der Waals surface area contributed by atoms with E-state index in [0.29, 0.717) is 18.5 Å². The molecule has 1 aromatic carbocycles. The van der Waals surface area contributed by atoms with Crippen LogP contribution in [0.2, 0.25) is 0 Å². The Bertz CT molecular complexity index is 1240. The van der Waals surface area contributed by atoms with Gasteiger partial charge in [0.25, 0.3) is 5.91 Å². The van der Waals surface area contributed by atoms with Crippen molar-refractivity contribution in [3.63, 3.8) is 0 Å². The summed E-state index contributed by atoms with van der Waals surface area (Å²) in [5.74, 6) is -0.446. The van der Waals surface area contributed by atoms with E-state index in [2.05, 4.69) is 34.5 Å². The maximum atomic E-state index is 13.9. The minimum absolute atomic E-state index is 0.0476. The lowest BCUT2D eigenvalue weighted by Gasteiger charge is -2.36. The van der Waals surface area contributed by atoms with Gasteiger partial charge in [0.2, 0.25) is 5.91 Å². The Morgan fingerprint density at radius 3 is 2.50 bits per heavy atom. The molecule has 4 atom stereocenters. The van der Waals surface area contributed by atoms with Crippen LogP contribution in [0.1, 0.15) is 50.9 Å². The monoisotopic (exact) mass is 567 g/mol. The van der Waals surface area contributed by atoms with Crippen LogP contribution >= 0.6 is 11.3 Å². The van der Waals surface area contributed by atoms with Crippen LogP contribution in [0.25, 0.3) is 11.3 Å². The number of ether oxygens (including phenoxy) is 1. The van der Waals surface area contributed by atoms with Gasteiger partial charge in [-0.1, -0.05) is 39.8 Å². The molecule has 3 aliphatic heterocycles. The number of nitrogens with one attached hydrogen (secondary N) is 1. The zero-order valence-electron chi connectivity index (χ0n) is 24.2. The lowest BCUT2D eigenvalue weighted by molar-refractivity contribution is -0.140. The van der Waals surface area contributed by atoms with Crippen molar-refractivity contribution in [3.8, 4) is 11.3 Å². The van der Waals surface area contributed by atoms with E-state index in [1.807, 2.05) is 32.9 Å². The van der Waals surface area contributed by atoms with Gasteiger partial charge in [0.05, 0.1) is 11.8 Å². The van der Waals surface area contributed by atoms with Crippen LogP contribution in [0.4, 0.5) is 5.13 Å². The van der Waals surface area contributed by atoms with Crippen LogP contribution in [0.3, 0.4) is 0 Å². The van der Waals surface area contributed by atoms with Gasteiger partial charge in [0, 0.05) is 55.1 Å². The Labute approximate surface area is 240 Å². The molecule has 5 rings (SSSR count). The molecule has 10 heteroatoms. The summed E-state index contributed by atoms with van der Waals surface area (Å²) in [5.41, 5.74) is 1.82. The predicted octanol–water partition coefficient (Wildman–Crippen LogP) is 3.30. The summed E-state index contributed by atoms with van der Waals surface area (Å²) in [6.07, 6.45) is 1.26. The van der Waals surface area contributed by atoms with Crippen LogP contribution in [-0.2, 0) is 14.3 Å². The molecule has 3 aliphatic rings. The number of rotatable bonds is 8. The maximum absolute atomic E-state index is 13.9. The zero-order chi connectivity index (χ0) is 28.6. The SMILES string of the molecule is CCC1CN(C(=O)C(NC(=O)c2ccc(-c3csc(N4CCN(C)CC4)n3)cc2)C(C)(C)CC)C2C(=O)COC12. The second kappa shape index (κ2) is 11.6. The molecule has 40 heavy (non-hydrogen) atoms.